The maximum Gasteiger partial charge on any atom is 0.0702 e. The van der Waals surface area contributed by atoms with Gasteiger partial charge in [0.05, 0.1) is 6.10 Å². The van der Waals surface area contributed by atoms with Gasteiger partial charge in [-0.1, -0.05) is 12.1 Å². The van der Waals surface area contributed by atoms with Crippen molar-refractivity contribution in [1.82, 2.24) is 4.90 Å². The average Bonchev–Trinajstić information content (AvgIpc) is 2.74. The summed E-state index contributed by atoms with van der Waals surface area (Å²) in [5.41, 5.74) is 7.78. The van der Waals surface area contributed by atoms with E-state index < -0.39 is 0 Å². The lowest BCUT2D eigenvalue weighted by Gasteiger charge is -2.20. The van der Waals surface area contributed by atoms with Crippen LogP contribution in [0.4, 0.5) is 5.69 Å². The van der Waals surface area contributed by atoms with E-state index in [9.17, 15) is 0 Å². The van der Waals surface area contributed by atoms with E-state index in [1.807, 2.05) is 12.1 Å². The molecular weight excluding hydrogens is 200 g/mol. The smallest absolute Gasteiger partial charge is 0.0702 e. The third-order valence-electron chi connectivity index (χ3n) is 2.97. The molecule has 0 unspecified atom stereocenters. The van der Waals surface area contributed by atoms with Gasteiger partial charge in [-0.15, -0.1) is 0 Å². The third-order valence-corrected chi connectivity index (χ3v) is 2.97. The Kier molecular flexibility index (Phi) is 3.80. The number of benzene rings is 1. The first kappa shape index (κ1) is 11.4. The SMILES string of the molecule is CN(Cc1ccc(N)cc1)C[C@@H]1CCCO1. The number of hydrogen-bond donors (Lipinski definition) is 1. The van der Waals surface area contributed by atoms with Crippen LogP contribution in [0.5, 0.6) is 0 Å². The summed E-state index contributed by atoms with van der Waals surface area (Å²) in [4.78, 5) is 2.31. The van der Waals surface area contributed by atoms with Gasteiger partial charge in [-0.2, -0.15) is 0 Å². The molecule has 2 rings (SSSR count). The minimum atomic E-state index is 0.429. The summed E-state index contributed by atoms with van der Waals surface area (Å²) in [6, 6.07) is 8.08. The fraction of sp³-hybridized carbons (Fsp3) is 0.538. The monoisotopic (exact) mass is 220 g/mol. The van der Waals surface area contributed by atoms with Gasteiger partial charge >= 0.3 is 0 Å². The summed E-state index contributed by atoms with van der Waals surface area (Å²) >= 11 is 0. The van der Waals surface area contributed by atoms with Crippen molar-refractivity contribution >= 4 is 5.69 Å². The molecule has 1 aromatic rings. The van der Waals surface area contributed by atoms with E-state index in [1.54, 1.807) is 0 Å². The zero-order valence-corrected chi connectivity index (χ0v) is 9.86. The molecule has 1 aromatic carbocycles. The molecule has 3 heteroatoms. The Morgan fingerprint density at radius 3 is 2.75 bits per heavy atom. The van der Waals surface area contributed by atoms with Crippen LogP contribution in [0, 0.1) is 0 Å². The van der Waals surface area contributed by atoms with E-state index in [4.69, 9.17) is 10.5 Å². The molecule has 1 aliphatic heterocycles. The van der Waals surface area contributed by atoms with Crippen LogP contribution in [-0.2, 0) is 11.3 Å². The summed E-state index contributed by atoms with van der Waals surface area (Å²) < 4.78 is 5.62. The van der Waals surface area contributed by atoms with Gasteiger partial charge in [0.25, 0.3) is 0 Å². The Bertz CT molecular complexity index is 317. The van der Waals surface area contributed by atoms with Crippen LogP contribution < -0.4 is 5.73 Å². The van der Waals surface area contributed by atoms with Crippen molar-refractivity contribution in [2.45, 2.75) is 25.5 Å². The summed E-state index contributed by atoms with van der Waals surface area (Å²) in [6.45, 7) is 2.91. The number of hydrogen-bond acceptors (Lipinski definition) is 3. The topological polar surface area (TPSA) is 38.5 Å². The minimum absolute atomic E-state index is 0.429. The van der Waals surface area contributed by atoms with Crippen molar-refractivity contribution in [2.24, 2.45) is 0 Å². The number of likely N-dealkylation sites (N-methyl/N-ethyl adjacent to an activating group) is 1. The third kappa shape index (κ3) is 3.22. The predicted octanol–water partition coefficient (Wildman–Crippen LogP) is 1.88. The number of anilines is 1. The molecular formula is C13H20N2O. The maximum absolute atomic E-state index is 5.66. The molecule has 3 nitrogen and oxygen atoms in total. The highest BCUT2D eigenvalue weighted by Gasteiger charge is 2.17. The van der Waals surface area contributed by atoms with Gasteiger partial charge in [0.15, 0.2) is 0 Å². The van der Waals surface area contributed by atoms with Crippen LogP contribution in [-0.4, -0.2) is 31.2 Å². The van der Waals surface area contributed by atoms with Crippen molar-refractivity contribution in [1.29, 1.82) is 0 Å². The summed E-state index contributed by atoms with van der Waals surface area (Å²) in [7, 11) is 2.14. The molecule has 0 amide bonds. The van der Waals surface area contributed by atoms with Crippen molar-refractivity contribution in [3.05, 3.63) is 29.8 Å². The molecule has 1 saturated heterocycles. The fourth-order valence-electron chi connectivity index (χ4n) is 2.14. The molecule has 0 aromatic heterocycles. The lowest BCUT2D eigenvalue weighted by molar-refractivity contribution is 0.0793. The van der Waals surface area contributed by atoms with Gasteiger partial charge < -0.3 is 10.5 Å². The second kappa shape index (κ2) is 5.32. The number of nitrogens with two attached hydrogens (primary N) is 1. The quantitative estimate of drug-likeness (QED) is 0.787. The molecule has 1 atom stereocenters. The van der Waals surface area contributed by atoms with Gasteiger partial charge in [0, 0.05) is 25.4 Å². The fourth-order valence-corrected chi connectivity index (χ4v) is 2.14. The molecule has 0 spiro atoms. The van der Waals surface area contributed by atoms with E-state index >= 15 is 0 Å². The Morgan fingerprint density at radius 2 is 2.12 bits per heavy atom. The molecule has 0 radical (unpaired) electrons. The standard InChI is InChI=1S/C13H20N2O/c1-15(10-13-3-2-8-16-13)9-11-4-6-12(14)7-5-11/h4-7,13H,2-3,8-10,14H2,1H3/t13-/m0/s1. The number of ether oxygens (including phenoxy) is 1. The molecule has 2 N–H and O–H groups in total. The van der Waals surface area contributed by atoms with Crippen LogP contribution in [0.2, 0.25) is 0 Å². The highest BCUT2D eigenvalue weighted by Crippen LogP contribution is 2.14. The molecule has 0 saturated carbocycles. The van der Waals surface area contributed by atoms with Crippen LogP contribution >= 0.6 is 0 Å². The van der Waals surface area contributed by atoms with Crippen LogP contribution in [0.1, 0.15) is 18.4 Å². The van der Waals surface area contributed by atoms with Gasteiger partial charge in [0.2, 0.25) is 0 Å². The van der Waals surface area contributed by atoms with E-state index in [2.05, 4.69) is 24.1 Å². The molecule has 1 fully saturated rings. The lowest BCUT2D eigenvalue weighted by atomic mass is 10.2. The Labute approximate surface area is 97.2 Å². The maximum atomic E-state index is 5.66. The van der Waals surface area contributed by atoms with Crippen LogP contribution in [0.15, 0.2) is 24.3 Å². The van der Waals surface area contributed by atoms with E-state index in [-0.39, 0.29) is 0 Å². The molecule has 1 heterocycles. The van der Waals surface area contributed by atoms with Crippen molar-refractivity contribution in [3.8, 4) is 0 Å². The second-order valence-electron chi connectivity index (χ2n) is 4.57. The largest absolute Gasteiger partial charge is 0.399 e. The highest BCUT2D eigenvalue weighted by atomic mass is 16.5. The van der Waals surface area contributed by atoms with Gasteiger partial charge in [-0.25, -0.2) is 0 Å². The molecule has 1 aliphatic rings. The predicted molar refractivity (Wildman–Crippen MR) is 66.2 cm³/mol. The van der Waals surface area contributed by atoms with Gasteiger partial charge in [-0.05, 0) is 37.6 Å². The molecule has 88 valence electrons. The number of nitrogen functional groups attached to an aromatic ring is 1. The van der Waals surface area contributed by atoms with Crippen molar-refractivity contribution < 1.29 is 4.74 Å². The minimum Gasteiger partial charge on any atom is -0.399 e. The summed E-state index contributed by atoms with van der Waals surface area (Å²) in [6.07, 6.45) is 2.84. The van der Waals surface area contributed by atoms with Gasteiger partial charge in [0.1, 0.15) is 0 Å². The van der Waals surface area contributed by atoms with Gasteiger partial charge in [-0.3, -0.25) is 4.90 Å². The first-order valence-electron chi connectivity index (χ1n) is 5.88. The average molecular weight is 220 g/mol. The lowest BCUT2D eigenvalue weighted by Crippen LogP contribution is -2.28. The first-order valence-corrected chi connectivity index (χ1v) is 5.88. The normalized spacial score (nSPS) is 20.5. The Morgan fingerprint density at radius 1 is 1.38 bits per heavy atom. The zero-order chi connectivity index (χ0) is 11.4. The number of nitrogens with zero attached hydrogens (tertiary/aromatic N) is 1. The zero-order valence-electron chi connectivity index (χ0n) is 9.86. The Hall–Kier alpha value is -1.06. The Balaban J connectivity index is 1.81. The highest BCUT2D eigenvalue weighted by molar-refractivity contribution is 5.39. The van der Waals surface area contributed by atoms with Crippen molar-refractivity contribution in [3.63, 3.8) is 0 Å². The summed E-state index contributed by atoms with van der Waals surface area (Å²) in [5, 5.41) is 0. The second-order valence-corrected chi connectivity index (χ2v) is 4.57. The van der Waals surface area contributed by atoms with Crippen LogP contribution in [0.3, 0.4) is 0 Å². The van der Waals surface area contributed by atoms with E-state index in [0.717, 1.165) is 25.4 Å². The number of rotatable bonds is 4. The van der Waals surface area contributed by atoms with Crippen LogP contribution in [0.25, 0.3) is 0 Å². The summed E-state index contributed by atoms with van der Waals surface area (Å²) in [5.74, 6) is 0. The first-order chi connectivity index (χ1) is 7.74. The van der Waals surface area contributed by atoms with Crippen molar-refractivity contribution in [2.75, 3.05) is 25.9 Å². The van der Waals surface area contributed by atoms with E-state index in [0.29, 0.717) is 6.10 Å². The molecule has 0 aliphatic carbocycles. The molecule has 16 heavy (non-hydrogen) atoms. The van der Waals surface area contributed by atoms with E-state index in [1.165, 1.54) is 18.4 Å². The molecule has 0 bridgehead atoms.